The van der Waals surface area contributed by atoms with Crippen LogP contribution in [-0.4, -0.2) is 29.8 Å². The van der Waals surface area contributed by atoms with Crippen LogP contribution in [0.1, 0.15) is 45.0 Å². The predicted molar refractivity (Wildman–Crippen MR) is 73.1 cm³/mol. The number of aliphatic hydroxyl groups is 1. The molecule has 1 rings (SSSR count). The van der Waals surface area contributed by atoms with Crippen LogP contribution in [0.5, 0.6) is 0 Å². The molecule has 1 aromatic rings. The molecule has 0 saturated carbocycles. The Morgan fingerprint density at radius 3 is 2.42 bits per heavy atom. The van der Waals surface area contributed by atoms with Gasteiger partial charge in [-0.05, 0) is 19.8 Å². The molecular formula is C12H23N3O3S. The first-order valence-electron chi connectivity index (χ1n) is 6.54. The van der Waals surface area contributed by atoms with E-state index in [0.717, 1.165) is 12.8 Å². The lowest BCUT2D eigenvalue weighted by Gasteiger charge is -2.22. The maximum absolute atomic E-state index is 12.4. The highest BCUT2D eigenvalue weighted by atomic mass is 32.2. The molecule has 1 heterocycles. The van der Waals surface area contributed by atoms with E-state index in [9.17, 15) is 8.42 Å². The van der Waals surface area contributed by atoms with Crippen molar-refractivity contribution in [3.63, 3.8) is 0 Å². The van der Waals surface area contributed by atoms with E-state index in [1.54, 1.807) is 6.92 Å². The molecule has 0 spiro atoms. The van der Waals surface area contributed by atoms with Gasteiger partial charge in [0.25, 0.3) is 0 Å². The molecule has 1 atom stereocenters. The van der Waals surface area contributed by atoms with Crippen LogP contribution in [0, 0.1) is 12.8 Å². The van der Waals surface area contributed by atoms with Gasteiger partial charge in [0.15, 0.2) is 0 Å². The maximum Gasteiger partial charge on any atom is 0.244 e. The van der Waals surface area contributed by atoms with Gasteiger partial charge in [-0.1, -0.05) is 26.7 Å². The molecule has 110 valence electrons. The number of aliphatic hydroxyl groups excluding tert-OH is 1. The quantitative estimate of drug-likeness (QED) is 0.705. The maximum atomic E-state index is 12.4. The number of nitrogens with one attached hydrogen (secondary N) is 2. The third-order valence-corrected chi connectivity index (χ3v) is 5.24. The molecule has 0 aromatic carbocycles. The molecule has 7 heteroatoms. The van der Waals surface area contributed by atoms with E-state index < -0.39 is 16.6 Å². The van der Waals surface area contributed by atoms with Crippen LogP contribution in [0.2, 0.25) is 0 Å². The molecule has 0 amide bonds. The summed E-state index contributed by atoms with van der Waals surface area (Å²) in [6.07, 6.45) is 1.83. The van der Waals surface area contributed by atoms with E-state index >= 15 is 0 Å². The number of hydrogen-bond acceptors (Lipinski definition) is 4. The van der Waals surface area contributed by atoms with Crippen molar-refractivity contribution in [1.82, 2.24) is 14.9 Å². The highest BCUT2D eigenvalue weighted by Gasteiger charge is 2.27. The summed E-state index contributed by atoms with van der Waals surface area (Å²) in [7, 11) is -3.66. The Balaban J connectivity index is 3.01. The van der Waals surface area contributed by atoms with Crippen molar-refractivity contribution < 1.29 is 13.5 Å². The first kappa shape index (κ1) is 16.1. The molecule has 0 saturated heterocycles. The molecule has 3 N–H and O–H groups in total. The number of sulfonamides is 1. The average Bonchev–Trinajstić information content (AvgIpc) is 2.72. The van der Waals surface area contributed by atoms with Crippen LogP contribution in [0.4, 0.5) is 0 Å². The van der Waals surface area contributed by atoms with Crippen molar-refractivity contribution in [2.24, 2.45) is 5.92 Å². The van der Waals surface area contributed by atoms with Crippen molar-refractivity contribution in [2.75, 3.05) is 0 Å². The Bertz CT molecular complexity index is 506. The second-order valence-electron chi connectivity index (χ2n) is 4.77. The van der Waals surface area contributed by atoms with Gasteiger partial charge in [-0.15, -0.1) is 0 Å². The topological polar surface area (TPSA) is 95.1 Å². The van der Waals surface area contributed by atoms with Gasteiger partial charge < -0.3 is 5.11 Å². The van der Waals surface area contributed by atoms with Crippen LogP contribution in [0.3, 0.4) is 0 Å². The third kappa shape index (κ3) is 3.55. The third-order valence-electron chi connectivity index (χ3n) is 3.48. The summed E-state index contributed by atoms with van der Waals surface area (Å²) in [5, 5.41) is 15.6. The van der Waals surface area contributed by atoms with Gasteiger partial charge in [-0.3, -0.25) is 5.10 Å². The SMILES string of the molecule is CCC(CC)C(C)NS(=O)(=O)c1c(CO)n[nH]c1C. The average molecular weight is 289 g/mol. The van der Waals surface area contributed by atoms with E-state index in [2.05, 4.69) is 14.9 Å². The van der Waals surface area contributed by atoms with E-state index in [-0.39, 0.29) is 16.6 Å². The van der Waals surface area contributed by atoms with Gasteiger partial charge in [-0.2, -0.15) is 5.10 Å². The molecule has 0 aliphatic carbocycles. The fourth-order valence-corrected chi connectivity index (χ4v) is 4.00. The first-order chi connectivity index (χ1) is 8.87. The second-order valence-corrected chi connectivity index (χ2v) is 6.42. The molecule has 0 aliphatic rings. The smallest absolute Gasteiger partial charge is 0.244 e. The van der Waals surface area contributed by atoms with Gasteiger partial charge in [-0.25, -0.2) is 13.1 Å². The Labute approximate surface area is 114 Å². The summed E-state index contributed by atoms with van der Waals surface area (Å²) >= 11 is 0. The van der Waals surface area contributed by atoms with Crippen molar-refractivity contribution in [2.45, 2.75) is 58.1 Å². The van der Waals surface area contributed by atoms with Crippen molar-refractivity contribution >= 4 is 10.0 Å². The number of aryl methyl sites for hydroxylation is 1. The molecule has 1 unspecified atom stereocenters. The lowest BCUT2D eigenvalue weighted by Crippen LogP contribution is -2.38. The van der Waals surface area contributed by atoms with Crippen LogP contribution in [0.25, 0.3) is 0 Å². The Hall–Kier alpha value is -0.920. The zero-order chi connectivity index (χ0) is 14.6. The number of hydrogen-bond donors (Lipinski definition) is 3. The minimum Gasteiger partial charge on any atom is -0.390 e. The largest absolute Gasteiger partial charge is 0.390 e. The molecule has 1 aromatic heterocycles. The summed E-state index contributed by atoms with van der Waals surface area (Å²) in [6.45, 7) is 7.17. The Morgan fingerprint density at radius 2 is 1.95 bits per heavy atom. The second kappa shape index (κ2) is 6.49. The summed E-state index contributed by atoms with van der Waals surface area (Å²) in [5.41, 5.74) is 0.593. The molecule has 0 bridgehead atoms. The van der Waals surface area contributed by atoms with Crippen molar-refractivity contribution in [3.8, 4) is 0 Å². The summed E-state index contributed by atoms with van der Waals surface area (Å²) in [4.78, 5) is 0.0628. The highest BCUT2D eigenvalue weighted by molar-refractivity contribution is 7.89. The lowest BCUT2D eigenvalue weighted by molar-refractivity contribution is 0.273. The molecule has 0 aliphatic heterocycles. The Morgan fingerprint density at radius 1 is 1.37 bits per heavy atom. The summed E-state index contributed by atoms with van der Waals surface area (Å²) in [5.74, 6) is 0.291. The molecular weight excluding hydrogens is 266 g/mol. The predicted octanol–water partition coefficient (Wildman–Crippen LogP) is 1.31. The first-order valence-corrected chi connectivity index (χ1v) is 8.02. The number of H-pyrrole nitrogens is 1. The number of rotatable bonds is 7. The van der Waals surface area contributed by atoms with Crippen molar-refractivity contribution in [1.29, 1.82) is 0 Å². The minimum absolute atomic E-state index is 0.0628. The van der Waals surface area contributed by atoms with Gasteiger partial charge in [0.1, 0.15) is 10.6 Å². The normalized spacial score (nSPS) is 14.0. The number of nitrogens with zero attached hydrogens (tertiary/aromatic N) is 1. The number of aromatic nitrogens is 2. The Kier molecular flexibility index (Phi) is 5.51. The summed E-state index contributed by atoms with van der Waals surface area (Å²) < 4.78 is 27.4. The van der Waals surface area contributed by atoms with Crippen LogP contribution >= 0.6 is 0 Å². The minimum atomic E-state index is -3.66. The monoisotopic (exact) mass is 289 g/mol. The van der Waals surface area contributed by atoms with Crippen LogP contribution in [-0.2, 0) is 16.6 Å². The van der Waals surface area contributed by atoms with E-state index in [1.165, 1.54) is 0 Å². The molecule has 0 radical (unpaired) electrons. The zero-order valence-corrected chi connectivity index (χ0v) is 12.7. The van der Waals surface area contributed by atoms with Gasteiger partial charge >= 0.3 is 0 Å². The number of aromatic amines is 1. The van der Waals surface area contributed by atoms with Gasteiger partial charge in [0, 0.05) is 6.04 Å². The van der Waals surface area contributed by atoms with Gasteiger partial charge in [0.05, 0.1) is 12.3 Å². The zero-order valence-electron chi connectivity index (χ0n) is 11.9. The van der Waals surface area contributed by atoms with Crippen LogP contribution in [0.15, 0.2) is 4.90 Å². The fourth-order valence-electron chi connectivity index (χ4n) is 2.33. The fraction of sp³-hybridized carbons (Fsp3) is 0.750. The van der Waals surface area contributed by atoms with Crippen LogP contribution < -0.4 is 4.72 Å². The highest BCUT2D eigenvalue weighted by Crippen LogP contribution is 2.20. The molecule has 6 nitrogen and oxygen atoms in total. The summed E-state index contributed by atoms with van der Waals surface area (Å²) in [6, 6.07) is -0.152. The molecule has 0 fully saturated rings. The van der Waals surface area contributed by atoms with Gasteiger partial charge in [0.2, 0.25) is 10.0 Å². The van der Waals surface area contributed by atoms with E-state index in [4.69, 9.17) is 5.11 Å². The van der Waals surface area contributed by atoms with Crippen molar-refractivity contribution in [3.05, 3.63) is 11.4 Å². The standard InChI is InChI=1S/C12H23N3O3S/c1-5-10(6-2)8(3)15-19(17,18)12-9(4)13-14-11(12)7-16/h8,10,15-16H,5-7H2,1-4H3,(H,13,14). The molecule has 19 heavy (non-hydrogen) atoms. The van der Waals surface area contributed by atoms with E-state index in [0.29, 0.717) is 11.6 Å². The lowest BCUT2D eigenvalue weighted by atomic mass is 9.96. The van der Waals surface area contributed by atoms with E-state index in [1.807, 2.05) is 20.8 Å².